The van der Waals surface area contributed by atoms with Crippen molar-refractivity contribution in [1.82, 2.24) is 10.2 Å². The Hall–Kier alpha value is -3.22. The number of carbonyl (C=O) groups is 3. The number of hydrogen-bond acceptors (Lipinski definition) is 3. The van der Waals surface area contributed by atoms with Crippen LogP contribution in [0.3, 0.4) is 0 Å². The Labute approximate surface area is 155 Å². The number of urea groups is 1. The Balaban J connectivity index is 1.64. The monoisotopic (exact) mass is 367 g/mol. The minimum Gasteiger partial charge on any atom is -0.332 e. The molecule has 2 aliphatic heterocycles. The van der Waals surface area contributed by atoms with Gasteiger partial charge >= 0.3 is 6.03 Å². The van der Waals surface area contributed by atoms with E-state index in [2.05, 4.69) is 5.32 Å². The van der Waals surface area contributed by atoms with E-state index in [1.807, 2.05) is 19.1 Å². The van der Waals surface area contributed by atoms with Crippen LogP contribution in [0, 0.1) is 12.7 Å². The molecule has 4 amide bonds. The molecule has 2 heterocycles. The standard InChI is InChI=1S/C20H18FN3O3/c1-12-2-4-13(5-3-12)18(25)23-11-10-16-17(23)19(26)24(20(27)22-16)15-8-6-14(21)7-9-15/h2-9,16-17H,10-11H2,1H3,(H,22,27)/t16-,17-/m0/s1. The second kappa shape index (κ2) is 6.50. The fourth-order valence-electron chi connectivity index (χ4n) is 3.63. The van der Waals surface area contributed by atoms with Crippen molar-refractivity contribution in [3.8, 4) is 0 Å². The molecule has 2 aromatic rings. The van der Waals surface area contributed by atoms with E-state index in [-0.39, 0.29) is 11.6 Å². The Kier molecular flexibility index (Phi) is 4.14. The number of likely N-dealkylation sites (tertiary alicyclic amines) is 1. The maximum Gasteiger partial charge on any atom is 0.329 e. The van der Waals surface area contributed by atoms with E-state index < -0.39 is 29.8 Å². The van der Waals surface area contributed by atoms with Gasteiger partial charge in [0.15, 0.2) is 0 Å². The molecule has 2 atom stereocenters. The molecule has 2 fully saturated rings. The SMILES string of the molecule is Cc1ccc(C(=O)N2CC[C@@H]3NC(=O)N(c4ccc(F)cc4)C(=O)[C@H]32)cc1. The van der Waals surface area contributed by atoms with Gasteiger partial charge in [-0.2, -0.15) is 0 Å². The van der Waals surface area contributed by atoms with Gasteiger partial charge in [-0.05, 0) is 49.7 Å². The molecule has 0 aliphatic carbocycles. The molecule has 0 unspecified atom stereocenters. The van der Waals surface area contributed by atoms with Crippen molar-refractivity contribution in [2.75, 3.05) is 11.4 Å². The van der Waals surface area contributed by atoms with Crippen molar-refractivity contribution >= 4 is 23.5 Å². The van der Waals surface area contributed by atoms with Crippen molar-refractivity contribution in [3.63, 3.8) is 0 Å². The summed E-state index contributed by atoms with van der Waals surface area (Å²) in [5.41, 5.74) is 1.81. The molecule has 0 saturated carbocycles. The van der Waals surface area contributed by atoms with E-state index in [0.29, 0.717) is 18.5 Å². The minimum absolute atomic E-state index is 0.244. The lowest BCUT2D eigenvalue weighted by Crippen LogP contribution is -2.65. The first kappa shape index (κ1) is 17.2. The molecule has 0 bridgehead atoms. The molecule has 0 aromatic heterocycles. The lowest BCUT2D eigenvalue weighted by Gasteiger charge is -2.36. The molecule has 4 rings (SSSR count). The average molecular weight is 367 g/mol. The summed E-state index contributed by atoms with van der Waals surface area (Å²) < 4.78 is 13.2. The van der Waals surface area contributed by atoms with Crippen LogP contribution in [0.25, 0.3) is 0 Å². The van der Waals surface area contributed by atoms with E-state index in [4.69, 9.17) is 0 Å². The zero-order valence-corrected chi connectivity index (χ0v) is 14.7. The third kappa shape index (κ3) is 2.95. The lowest BCUT2D eigenvalue weighted by atomic mass is 10.0. The molecule has 1 N–H and O–H groups in total. The number of halogens is 1. The number of aryl methyl sites for hydroxylation is 1. The summed E-state index contributed by atoms with van der Waals surface area (Å²) >= 11 is 0. The van der Waals surface area contributed by atoms with Gasteiger partial charge in [-0.1, -0.05) is 17.7 Å². The van der Waals surface area contributed by atoms with Gasteiger partial charge < -0.3 is 10.2 Å². The summed E-state index contributed by atoms with van der Waals surface area (Å²) in [5.74, 6) is -1.18. The molecule has 2 saturated heterocycles. The molecule has 27 heavy (non-hydrogen) atoms. The van der Waals surface area contributed by atoms with Crippen LogP contribution < -0.4 is 10.2 Å². The summed E-state index contributed by atoms with van der Waals surface area (Å²) in [6.45, 7) is 2.31. The largest absolute Gasteiger partial charge is 0.332 e. The number of anilines is 1. The first-order chi connectivity index (χ1) is 13.0. The van der Waals surface area contributed by atoms with Gasteiger partial charge in [0.1, 0.15) is 11.9 Å². The molecule has 0 radical (unpaired) electrons. The van der Waals surface area contributed by atoms with Crippen LogP contribution in [0.5, 0.6) is 0 Å². The van der Waals surface area contributed by atoms with Crippen molar-refractivity contribution in [2.45, 2.75) is 25.4 Å². The fraction of sp³-hybridized carbons (Fsp3) is 0.250. The van der Waals surface area contributed by atoms with Gasteiger partial charge in [-0.15, -0.1) is 0 Å². The molecule has 6 nitrogen and oxygen atoms in total. The smallest absolute Gasteiger partial charge is 0.329 e. The zero-order chi connectivity index (χ0) is 19.1. The van der Waals surface area contributed by atoms with Gasteiger partial charge in [0, 0.05) is 12.1 Å². The van der Waals surface area contributed by atoms with Crippen LogP contribution in [0.1, 0.15) is 22.3 Å². The Morgan fingerprint density at radius 2 is 1.74 bits per heavy atom. The van der Waals surface area contributed by atoms with E-state index in [0.717, 1.165) is 10.5 Å². The van der Waals surface area contributed by atoms with Gasteiger partial charge in [0.05, 0.1) is 11.7 Å². The highest BCUT2D eigenvalue weighted by atomic mass is 19.1. The number of nitrogens with zero attached hydrogens (tertiary/aromatic N) is 2. The number of nitrogens with one attached hydrogen (secondary N) is 1. The molecule has 2 aliphatic rings. The molecule has 7 heteroatoms. The van der Waals surface area contributed by atoms with Crippen LogP contribution in [-0.4, -0.2) is 41.4 Å². The highest BCUT2D eigenvalue weighted by Gasteiger charge is 2.49. The minimum atomic E-state index is -0.776. The normalized spacial score (nSPS) is 21.9. The number of hydrogen-bond donors (Lipinski definition) is 1. The van der Waals surface area contributed by atoms with Crippen molar-refractivity contribution in [3.05, 3.63) is 65.5 Å². The summed E-state index contributed by atoms with van der Waals surface area (Å²) in [4.78, 5) is 40.9. The quantitative estimate of drug-likeness (QED) is 0.887. The Morgan fingerprint density at radius 3 is 2.41 bits per heavy atom. The highest BCUT2D eigenvalue weighted by Crippen LogP contribution is 2.29. The molecular weight excluding hydrogens is 349 g/mol. The number of imide groups is 1. The van der Waals surface area contributed by atoms with Crippen LogP contribution >= 0.6 is 0 Å². The Morgan fingerprint density at radius 1 is 1.07 bits per heavy atom. The summed E-state index contributed by atoms with van der Waals surface area (Å²) in [5, 5.41) is 2.80. The topological polar surface area (TPSA) is 69.7 Å². The fourth-order valence-corrected chi connectivity index (χ4v) is 3.63. The van der Waals surface area contributed by atoms with Gasteiger partial charge in [-0.3, -0.25) is 9.59 Å². The van der Waals surface area contributed by atoms with E-state index in [1.54, 1.807) is 12.1 Å². The maximum atomic E-state index is 13.2. The predicted molar refractivity (Wildman–Crippen MR) is 96.8 cm³/mol. The first-order valence-corrected chi connectivity index (χ1v) is 8.73. The maximum absolute atomic E-state index is 13.2. The predicted octanol–water partition coefficient (Wildman–Crippen LogP) is 2.47. The third-order valence-electron chi connectivity index (χ3n) is 5.03. The van der Waals surface area contributed by atoms with Gasteiger partial charge in [0.2, 0.25) is 0 Å². The van der Waals surface area contributed by atoms with E-state index in [9.17, 15) is 18.8 Å². The number of fused-ring (bicyclic) bond motifs is 1. The molecule has 2 aromatic carbocycles. The summed E-state index contributed by atoms with van der Waals surface area (Å²) in [7, 11) is 0. The first-order valence-electron chi connectivity index (χ1n) is 8.73. The second-order valence-electron chi connectivity index (χ2n) is 6.80. The summed E-state index contributed by atoms with van der Waals surface area (Å²) in [6, 6.07) is 10.5. The van der Waals surface area contributed by atoms with Gasteiger partial charge in [0.25, 0.3) is 11.8 Å². The lowest BCUT2D eigenvalue weighted by molar-refractivity contribution is -0.122. The van der Waals surface area contributed by atoms with Gasteiger partial charge in [-0.25, -0.2) is 14.1 Å². The van der Waals surface area contributed by atoms with E-state index >= 15 is 0 Å². The number of amides is 4. The highest BCUT2D eigenvalue weighted by molar-refractivity contribution is 6.19. The van der Waals surface area contributed by atoms with E-state index in [1.165, 1.54) is 29.2 Å². The van der Waals surface area contributed by atoms with Crippen LogP contribution in [0.15, 0.2) is 48.5 Å². The summed E-state index contributed by atoms with van der Waals surface area (Å²) in [6.07, 6.45) is 0.511. The molecular formula is C20H18FN3O3. The number of rotatable bonds is 2. The Bertz CT molecular complexity index is 911. The molecule has 138 valence electrons. The number of benzene rings is 2. The zero-order valence-electron chi connectivity index (χ0n) is 14.7. The van der Waals surface area contributed by atoms with Crippen LogP contribution in [0.4, 0.5) is 14.9 Å². The second-order valence-corrected chi connectivity index (χ2v) is 6.80. The third-order valence-corrected chi connectivity index (χ3v) is 5.03. The van der Waals surface area contributed by atoms with Crippen molar-refractivity contribution < 1.29 is 18.8 Å². The van der Waals surface area contributed by atoms with Crippen molar-refractivity contribution in [1.29, 1.82) is 0 Å². The average Bonchev–Trinajstić information content (AvgIpc) is 3.07. The number of carbonyl (C=O) groups excluding carboxylic acids is 3. The van der Waals surface area contributed by atoms with Crippen LogP contribution in [0.2, 0.25) is 0 Å². The van der Waals surface area contributed by atoms with Crippen molar-refractivity contribution in [2.24, 2.45) is 0 Å². The molecule has 0 spiro atoms. The van der Waals surface area contributed by atoms with Crippen LogP contribution in [-0.2, 0) is 4.79 Å².